The predicted molar refractivity (Wildman–Crippen MR) is 146 cm³/mol. The van der Waals surface area contributed by atoms with Gasteiger partial charge in [-0.1, -0.05) is 45.2 Å². The van der Waals surface area contributed by atoms with E-state index in [0.29, 0.717) is 24.1 Å². The van der Waals surface area contributed by atoms with E-state index in [2.05, 4.69) is 35.8 Å². The number of hydrogen-bond acceptors (Lipinski definition) is 4. The molecule has 0 atom stereocenters. The van der Waals surface area contributed by atoms with E-state index in [1.165, 1.54) is 17.7 Å². The molecule has 1 aliphatic heterocycles. The van der Waals surface area contributed by atoms with Crippen LogP contribution < -0.4 is 4.74 Å². The Morgan fingerprint density at radius 2 is 1.50 bits per heavy atom. The average molecular weight is 517 g/mol. The first-order valence-electron chi connectivity index (χ1n) is 13.1. The number of carbonyl (C=O) groups is 2. The van der Waals surface area contributed by atoms with E-state index in [4.69, 9.17) is 9.84 Å². The molecule has 2 aromatic carbocycles. The van der Waals surface area contributed by atoms with Crippen LogP contribution in [0.4, 0.5) is 0 Å². The zero-order chi connectivity index (χ0) is 25.0. The van der Waals surface area contributed by atoms with Gasteiger partial charge in [0.15, 0.2) is 0 Å². The highest BCUT2D eigenvalue weighted by Crippen LogP contribution is 2.24. The molecule has 6 nitrogen and oxygen atoms in total. The van der Waals surface area contributed by atoms with Crippen molar-refractivity contribution in [3.63, 3.8) is 0 Å². The number of rotatable bonds is 13. The Morgan fingerprint density at radius 3 is 2.06 bits per heavy atom. The molecule has 7 heteroatoms. The highest BCUT2D eigenvalue weighted by molar-refractivity contribution is 5.87. The third-order valence-electron chi connectivity index (χ3n) is 6.73. The fourth-order valence-corrected chi connectivity index (χ4v) is 4.62. The number of nitrogens with zero attached hydrogens (tertiary/aromatic N) is 2. The summed E-state index contributed by atoms with van der Waals surface area (Å²) in [5, 5.41) is 9.01. The summed E-state index contributed by atoms with van der Waals surface area (Å²) >= 11 is 0. The van der Waals surface area contributed by atoms with E-state index in [-0.39, 0.29) is 18.0 Å². The maximum atomic E-state index is 12.9. The molecule has 2 aromatic rings. The molecule has 0 radical (unpaired) electrons. The molecule has 0 spiro atoms. The highest BCUT2D eigenvalue weighted by Gasteiger charge is 2.27. The van der Waals surface area contributed by atoms with Gasteiger partial charge in [-0.05, 0) is 67.6 Å². The lowest BCUT2D eigenvalue weighted by Crippen LogP contribution is -2.47. The Balaban J connectivity index is 0.00000456. The standard InChI is InChI=1S/C29H40N2O4.ClH/c1-3-5-7-8-28(32)31(19-6-4-2)25-17-20-30(21-18-25)22-23-9-13-26(14-10-23)35-27-15-11-24(12-16-27)29(33)34;/h9-16,25H,3-8,17-22H2,1-2H3,(H,33,34);1H. The van der Waals surface area contributed by atoms with Crippen LogP contribution in [0.1, 0.15) is 81.1 Å². The summed E-state index contributed by atoms with van der Waals surface area (Å²) in [4.78, 5) is 28.5. The van der Waals surface area contributed by atoms with Crippen LogP contribution in [0.3, 0.4) is 0 Å². The van der Waals surface area contributed by atoms with Gasteiger partial charge in [0.2, 0.25) is 5.91 Å². The Labute approximate surface area is 222 Å². The lowest BCUT2D eigenvalue weighted by atomic mass is 10.0. The second-order valence-electron chi connectivity index (χ2n) is 9.48. The number of hydrogen-bond donors (Lipinski definition) is 1. The van der Waals surface area contributed by atoms with Crippen molar-refractivity contribution in [3.8, 4) is 11.5 Å². The van der Waals surface area contributed by atoms with Gasteiger partial charge in [0.1, 0.15) is 11.5 Å². The van der Waals surface area contributed by atoms with E-state index in [1.807, 2.05) is 12.1 Å². The molecule has 0 unspecified atom stereocenters. The van der Waals surface area contributed by atoms with Crippen LogP contribution in [-0.2, 0) is 11.3 Å². The lowest BCUT2D eigenvalue weighted by molar-refractivity contribution is -0.134. The molecule has 1 fully saturated rings. The molecule has 0 bridgehead atoms. The first kappa shape index (κ1) is 29.7. The molecule has 1 amide bonds. The smallest absolute Gasteiger partial charge is 0.335 e. The number of unbranched alkanes of at least 4 members (excludes halogenated alkanes) is 3. The van der Waals surface area contributed by atoms with E-state index in [0.717, 1.165) is 76.9 Å². The molecule has 1 N–H and O–H groups in total. The summed E-state index contributed by atoms with van der Waals surface area (Å²) in [6, 6.07) is 14.9. The van der Waals surface area contributed by atoms with Crippen molar-refractivity contribution in [3.05, 3.63) is 59.7 Å². The first-order chi connectivity index (χ1) is 17.0. The number of amides is 1. The molecule has 3 rings (SSSR count). The average Bonchev–Trinajstić information content (AvgIpc) is 2.87. The van der Waals surface area contributed by atoms with Crippen molar-refractivity contribution in [1.82, 2.24) is 9.80 Å². The number of halogens is 1. The molecule has 0 aliphatic carbocycles. The predicted octanol–water partition coefficient (Wildman–Crippen LogP) is 6.77. The number of carboxylic acids is 1. The molecule has 0 aromatic heterocycles. The van der Waals surface area contributed by atoms with E-state index >= 15 is 0 Å². The zero-order valence-corrected chi connectivity index (χ0v) is 22.5. The second kappa shape index (κ2) is 15.5. The summed E-state index contributed by atoms with van der Waals surface area (Å²) in [6.45, 7) is 8.16. The molecule has 198 valence electrons. The highest BCUT2D eigenvalue weighted by atomic mass is 35.5. The van der Waals surface area contributed by atoms with Gasteiger partial charge in [0, 0.05) is 38.6 Å². The number of benzene rings is 2. The third kappa shape index (κ3) is 9.14. The Hall–Kier alpha value is -2.57. The van der Waals surface area contributed by atoms with Gasteiger partial charge >= 0.3 is 5.97 Å². The van der Waals surface area contributed by atoms with Crippen LogP contribution in [0, 0.1) is 0 Å². The lowest BCUT2D eigenvalue weighted by Gasteiger charge is -2.39. The largest absolute Gasteiger partial charge is 0.478 e. The molecule has 1 aliphatic rings. The molecule has 1 saturated heterocycles. The van der Waals surface area contributed by atoms with Crippen molar-refractivity contribution in [2.24, 2.45) is 0 Å². The molecule has 0 saturated carbocycles. The van der Waals surface area contributed by atoms with Gasteiger partial charge in [-0.2, -0.15) is 0 Å². The minimum absolute atomic E-state index is 0. The number of ether oxygens (including phenoxy) is 1. The second-order valence-corrected chi connectivity index (χ2v) is 9.48. The van der Waals surface area contributed by atoms with Crippen molar-refractivity contribution in [1.29, 1.82) is 0 Å². The number of likely N-dealkylation sites (tertiary alicyclic amines) is 1. The fraction of sp³-hybridized carbons (Fsp3) is 0.517. The zero-order valence-electron chi connectivity index (χ0n) is 21.7. The van der Waals surface area contributed by atoms with Crippen LogP contribution in [0.15, 0.2) is 48.5 Å². The van der Waals surface area contributed by atoms with Crippen molar-refractivity contribution in [2.45, 2.75) is 77.8 Å². The van der Waals surface area contributed by atoms with E-state index in [9.17, 15) is 9.59 Å². The van der Waals surface area contributed by atoms with Crippen LogP contribution >= 0.6 is 12.4 Å². The number of carbonyl (C=O) groups excluding carboxylic acids is 1. The van der Waals surface area contributed by atoms with Gasteiger partial charge in [0.05, 0.1) is 5.56 Å². The van der Waals surface area contributed by atoms with Crippen LogP contribution in [-0.4, -0.2) is 52.5 Å². The first-order valence-corrected chi connectivity index (χ1v) is 13.1. The van der Waals surface area contributed by atoms with Gasteiger partial charge < -0.3 is 14.7 Å². The Morgan fingerprint density at radius 1 is 0.917 bits per heavy atom. The maximum absolute atomic E-state index is 12.9. The van der Waals surface area contributed by atoms with Crippen molar-refractivity contribution < 1.29 is 19.4 Å². The molecular weight excluding hydrogens is 476 g/mol. The Kier molecular flexibility index (Phi) is 12.8. The summed E-state index contributed by atoms with van der Waals surface area (Å²) in [6.07, 6.45) is 8.25. The van der Waals surface area contributed by atoms with E-state index in [1.54, 1.807) is 12.1 Å². The van der Waals surface area contributed by atoms with Crippen LogP contribution in [0.25, 0.3) is 0 Å². The van der Waals surface area contributed by atoms with Gasteiger partial charge in [-0.25, -0.2) is 4.79 Å². The van der Waals surface area contributed by atoms with Gasteiger partial charge in [-0.3, -0.25) is 9.69 Å². The quantitative estimate of drug-likeness (QED) is 0.297. The Bertz CT molecular complexity index is 925. The van der Waals surface area contributed by atoms with Crippen molar-refractivity contribution >= 4 is 24.3 Å². The monoisotopic (exact) mass is 516 g/mol. The van der Waals surface area contributed by atoms with Crippen LogP contribution in [0.2, 0.25) is 0 Å². The minimum Gasteiger partial charge on any atom is -0.478 e. The fourth-order valence-electron chi connectivity index (χ4n) is 4.62. The summed E-state index contributed by atoms with van der Waals surface area (Å²) < 4.78 is 5.84. The maximum Gasteiger partial charge on any atom is 0.335 e. The van der Waals surface area contributed by atoms with Crippen LogP contribution in [0.5, 0.6) is 11.5 Å². The molecule has 36 heavy (non-hydrogen) atoms. The van der Waals surface area contributed by atoms with E-state index < -0.39 is 5.97 Å². The third-order valence-corrected chi connectivity index (χ3v) is 6.73. The molecular formula is C29H41ClN2O4. The summed E-state index contributed by atoms with van der Waals surface area (Å²) in [5.41, 5.74) is 1.47. The number of piperidine rings is 1. The normalized spacial score (nSPS) is 14.2. The number of aromatic carboxylic acids is 1. The number of carboxylic acid groups (broad SMARTS) is 1. The summed E-state index contributed by atoms with van der Waals surface area (Å²) in [5.74, 6) is 0.737. The minimum atomic E-state index is -0.947. The van der Waals surface area contributed by atoms with Crippen molar-refractivity contribution in [2.75, 3.05) is 19.6 Å². The summed E-state index contributed by atoms with van der Waals surface area (Å²) in [7, 11) is 0. The molecule has 1 heterocycles. The van der Waals surface area contributed by atoms with Gasteiger partial charge in [0.25, 0.3) is 0 Å². The van der Waals surface area contributed by atoms with Gasteiger partial charge in [-0.15, -0.1) is 12.4 Å². The SMILES string of the molecule is CCCCCC(=O)N(CCCC)C1CCN(Cc2ccc(Oc3ccc(C(=O)O)cc3)cc2)CC1.Cl. The topological polar surface area (TPSA) is 70.1 Å².